The number of hydrogen-bond donors (Lipinski definition) is 1. The Morgan fingerprint density at radius 3 is 3.00 bits per heavy atom. The zero-order chi connectivity index (χ0) is 7.40. The molecule has 0 spiro atoms. The third-order valence-electron chi connectivity index (χ3n) is 0.814. The predicted octanol–water partition coefficient (Wildman–Crippen LogP) is 1.16. The number of ether oxygens (including phenoxy) is 1. The Bertz CT molecular complexity index is 176. The minimum atomic E-state index is -2.78. The first-order valence-electron chi connectivity index (χ1n) is 2.55. The molecule has 0 fully saturated rings. The Labute approximate surface area is 56.0 Å². The standard InChI is InChI=1S/C5H5F2N2O/c6-5(7)10-3-4-1-2-8-9-4/h1-3,5H,(H,8,9). The van der Waals surface area contributed by atoms with Crippen molar-refractivity contribution < 1.29 is 13.5 Å². The molecule has 1 heterocycles. The van der Waals surface area contributed by atoms with Gasteiger partial charge in [0.25, 0.3) is 0 Å². The van der Waals surface area contributed by atoms with Crippen molar-refractivity contribution >= 4 is 0 Å². The van der Waals surface area contributed by atoms with Crippen molar-refractivity contribution in [2.75, 3.05) is 0 Å². The van der Waals surface area contributed by atoms with Gasteiger partial charge in [0.1, 0.15) is 6.61 Å². The summed E-state index contributed by atoms with van der Waals surface area (Å²) in [4.78, 5) is 0. The largest absolute Gasteiger partial charge is 0.346 e. The molecule has 55 valence electrons. The number of halogens is 2. The summed E-state index contributed by atoms with van der Waals surface area (Å²) in [5.74, 6) is 0. The topological polar surface area (TPSA) is 37.9 Å². The van der Waals surface area contributed by atoms with E-state index in [9.17, 15) is 8.78 Å². The maximum atomic E-state index is 11.3. The summed E-state index contributed by atoms with van der Waals surface area (Å²) in [5.41, 5.74) is 0.348. The fourth-order valence-corrected chi connectivity index (χ4v) is 0.459. The number of aromatic nitrogens is 2. The lowest BCUT2D eigenvalue weighted by molar-refractivity contribution is -0.0977. The van der Waals surface area contributed by atoms with Crippen molar-refractivity contribution in [2.45, 2.75) is 6.61 Å². The molecule has 5 heteroatoms. The van der Waals surface area contributed by atoms with Crippen LogP contribution in [-0.2, 0) is 4.74 Å². The smallest absolute Gasteiger partial charge is 0.310 e. The second-order valence-corrected chi connectivity index (χ2v) is 1.51. The van der Waals surface area contributed by atoms with Gasteiger partial charge in [-0.1, -0.05) is 0 Å². The van der Waals surface area contributed by atoms with Crippen molar-refractivity contribution in [2.24, 2.45) is 0 Å². The molecule has 0 amide bonds. The number of aromatic amines is 1. The molecular formula is C5H5F2N2O. The van der Waals surface area contributed by atoms with Crippen LogP contribution >= 0.6 is 0 Å². The molecular weight excluding hydrogens is 142 g/mol. The number of rotatable bonds is 3. The summed E-state index contributed by atoms with van der Waals surface area (Å²) in [6.07, 6.45) is 1.51. The maximum Gasteiger partial charge on any atom is 0.346 e. The Morgan fingerprint density at radius 2 is 2.50 bits per heavy atom. The fraction of sp³-hybridized carbons (Fsp3) is 0.200. The summed E-state index contributed by atoms with van der Waals surface area (Å²) in [6, 6.07) is 1.52. The van der Waals surface area contributed by atoms with Crippen LogP contribution in [0.2, 0.25) is 0 Å². The Balaban J connectivity index is 2.28. The first-order chi connectivity index (χ1) is 4.79. The van der Waals surface area contributed by atoms with Gasteiger partial charge in [0.05, 0.1) is 5.69 Å². The Kier molecular flexibility index (Phi) is 2.33. The molecule has 1 aromatic heterocycles. The van der Waals surface area contributed by atoms with Gasteiger partial charge < -0.3 is 4.74 Å². The normalized spacial score (nSPS) is 10.7. The highest BCUT2D eigenvalue weighted by atomic mass is 19.3. The summed E-state index contributed by atoms with van der Waals surface area (Å²) >= 11 is 0. The predicted molar refractivity (Wildman–Crippen MR) is 29.1 cm³/mol. The summed E-state index contributed by atoms with van der Waals surface area (Å²) in [7, 11) is 0. The van der Waals surface area contributed by atoms with Crippen molar-refractivity contribution in [3.05, 3.63) is 24.6 Å². The SMILES string of the molecule is FC(F)O[CH]c1cc[nH]n1. The molecule has 0 aliphatic carbocycles. The van der Waals surface area contributed by atoms with Crippen LogP contribution in [0.15, 0.2) is 12.3 Å². The molecule has 0 atom stereocenters. The zero-order valence-corrected chi connectivity index (χ0v) is 4.92. The molecule has 3 nitrogen and oxygen atoms in total. The molecule has 0 unspecified atom stereocenters. The van der Waals surface area contributed by atoms with E-state index in [1.807, 2.05) is 0 Å². The van der Waals surface area contributed by atoms with Gasteiger partial charge in [0.15, 0.2) is 0 Å². The minimum Gasteiger partial charge on any atom is -0.310 e. The van der Waals surface area contributed by atoms with Crippen LogP contribution in [0.1, 0.15) is 5.69 Å². The van der Waals surface area contributed by atoms with Crippen molar-refractivity contribution in [3.8, 4) is 0 Å². The van der Waals surface area contributed by atoms with E-state index in [-0.39, 0.29) is 0 Å². The van der Waals surface area contributed by atoms with Crippen LogP contribution in [0.3, 0.4) is 0 Å². The van der Waals surface area contributed by atoms with Gasteiger partial charge in [-0.15, -0.1) is 0 Å². The number of hydrogen-bond acceptors (Lipinski definition) is 2. The van der Waals surface area contributed by atoms with Crippen LogP contribution in [-0.4, -0.2) is 16.8 Å². The van der Waals surface area contributed by atoms with Crippen LogP contribution in [0.5, 0.6) is 0 Å². The van der Waals surface area contributed by atoms with Crippen LogP contribution in [0.4, 0.5) is 8.78 Å². The number of alkyl halides is 2. The van der Waals surface area contributed by atoms with Gasteiger partial charge in [-0.05, 0) is 6.07 Å². The quantitative estimate of drug-likeness (QED) is 0.696. The van der Waals surface area contributed by atoms with Gasteiger partial charge in [-0.25, -0.2) is 0 Å². The molecule has 1 rings (SSSR count). The molecule has 0 aromatic carbocycles. The number of nitrogens with zero attached hydrogens (tertiary/aromatic N) is 1. The molecule has 1 N–H and O–H groups in total. The van der Waals surface area contributed by atoms with Crippen LogP contribution in [0, 0.1) is 6.61 Å². The molecule has 0 saturated carbocycles. The van der Waals surface area contributed by atoms with Crippen molar-refractivity contribution in [3.63, 3.8) is 0 Å². The highest BCUT2D eigenvalue weighted by Gasteiger charge is 2.03. The lowest BCUT2D eigenvalue weighted by Gasteiger charge is -1.95. The van der Waals surface area contributed by atoms with Crippen LogP contribution in [0.25, 0.3) is 0 Å². The van der Waals surface area contributed by atoms with E-state index in [1.54, 1.807) is 0 Å². The second-order valence-electron chi connectivity index (χ2n) is 1.51. The zero-order valence-electron chi connectivity index (χ0n) is 4.92. The van der Waals surface area contributed by atoms with Gasteiger partial charge in [0.2, 0.25) is 0 Å². The molecule has 0 saturated heterocycles. The summed E-state index contributed by atoms with van der Waals surface area (Å²) < 4.78 is 26.5. The average molecular weight is 147 g/mol. The Hall–Kier alpha value is -0.970. The maximum absolute atomic E-state index is 11.3. The van der Waals surface area contributed by atoms with E-state index in [2.05, 4.69) is 14.9 Å². The molecule has 0 aliphatic rings. The van der Waals surface area contributed by atoms with E-state index < -0.39 is 6.61 Å². The highest BCUT2D eigenvalue weighted by molar-refractivity contribution is 5.04. The molecule has 1 aromatic rings. The average Bonchev–Trinajstić information content (AvgIpc) is 2.34. The van der Waals surface area contributed by atoms with Gasteiger partial charge >= 0.3 is 6.61 Å². The molecule has 0 bridgehead atoms. The lowest BCUT2D eigenvalue weighted by atomic mass is 10.5. The van der Waals surface area contributed by atoms with E-state index in [1.165, 1.54) is 12.3 Å². The van der Waals surface area contributed by atoms with E-state index in [0.29, 0.717) is 5.69 Å². The number of nitrogens with one attached hydrogen (secondary N) is 1. The third kappa shape index (κ3) is 2.10. The summed E-state index contributed by atoms with van der Waals surface area (Å²) in [5, 5.41) is 6.00. The third-order valence-corrected chi connectivity index (χ3v) is 0.814. The second kappa shape index (κ2) is 3.26. The first kappa shape index (κ1) is 7.14. The first-order valence-corrected chi connectivity index (χ1v) is 2.55. The minimum absolute atomic E-state index is 0.348. The monoisotopic (exact) mass is 147 g/mol. The van der Waals surface area contributed by atoms with Gasteiger partial charge in [0, 0.05) is 6.20 Å². The van der Waals surface area contributed by atoms with Crippen LogP contribution < -0.4 is 0 Å². The molecule has 1 radical (unpaired) electrons. The highest BCUT2D eigenvalue weighted by Crippen LogP contribution is 2.02. The van der Waals surface area contributed by atoms with E-state index >= 15 is 0 Å². The van der Waals surface area contributed by atoms with E-state index in [0.717, 1.165) is 6.61 Å². The van der Waals surface area contributed by atoms with Crippen molar-refractivity contribution in [1.82, 2.24) is 10.2 Å². The summed E-state index contributed by atoms with van der Waals surface area (Å²) in [6.45, 7) is -1.89. The number of H-pyrrole nitrogens is 1. The van der Waals surface area contributed by atoms with Gasteiger partial charge in [-0.2, -0.15) is 13.9 Å². The van der Waals surface area contributed by atoms with Crippen molar-refractivity contribution in [1.29, 1.82) is 0 Å². The molecule has 10 heavy (non-hydrogen) atoms. The van der Waals surface area contributed by atoms with Gasteiger partial charge in [-0.3, -0.25) is 5.10 Å². The Morgan fingerprint density at radius 1 is 1.70 bits per heavy atom. The lowest BCUT2D eigenvalue weighted by Crippen LogP contribution is -1.96. The fourth-order valence-electron chi connectivity index (χ4n) is 0.459. The van der Waals surface area contributed by atoms with E-state index in [4.69, 9.17) is 0 Å². The molecule has 0 aliphatic heterocycles.